The van der Waals surface area contributed by atoms with Crippen LogP contribution in [0.3, 0.4) is 0 Å². The molecule has 2 aromatic carbocycles. The van der Waals surface area contributed by atoms with Crippen LogP contribution in [0.1, 0.15) is 23.2 Å². The molecule has 0 spiro atoms. The van der Waals surface area contributed by atoms with Gasteiger partial charge < -0.3 is 15.7 Å². The first-order valence-electron chi connectivity index (χ1n) is 9.35. The van der Waals surface area contributed by atoms with Crippen molar-refractivity contribution in [3.8, 4) is 0 Å². The molecule has 4 aromatic rings. The zero-order valence-corrected chi connectivity index (χ0v) is 15.6. The molecular weight excluding hydrogens is 373 g/mol. The van der Waals surface area contributed by atoms with Crippen LogP contribution < -0.4 is 10.6 Å². The Morgan fingerprint density at radius 3 is 2.76 bits per heavy atom. The highest BCUT2D eigenvalue weighted by molar-refractivity contribution is 6.04. The SMILES string of the molecule is O=C(Nc1cnc2c(NCCCCO)nc3ccc(F)cc3n12)c1ccccc1. The summed E-state index contributed by atoms with van der Waals surface area (Å²) in [6.07, 6.45) is 2.97. The van der Waals surface area contributed by atoms with Crippen LogP contribution in [0, 0.1) is 5.82 Å². The molecule has 0 fully saturated rings. The summed E-state index contributed by atoms with van der Waals surface area (Å²) in [6.45, 7) is 0.731. The summed E-state index contributed by atoms with van der Waals surface area (Å²) in [7, 11) is 0. The molecule has 0 saturated carbocycles. The summed E-state index contributed by atoms with van der Waals surface area (Å²) in [5, 5.41) is 15.0. The zero-order valence-electron chi connectivity index (χ0n) is 15.6. The first kappa shape index (κ1) is 18.8. The number of aliphatic hydroxyl groups is 1. The lowest BCUT2D eigenvalue weighted by Crippen LogP contribution is -2.14. The van der Waals surface area contributed by atoms with Crippen LogP contribution in [0.2, 0.25) is 0 Å². The second kappa shape index (κ2) is 8.24. The maximum Gasteiger partial charge on any atom is 0.256 e. The largest absolute Gasteiger partial charge is 0.396 e. The molecule has 0 unspecified atom stereocenters. The molecule has 2 heterocycles. The van der Waals surface area contributed by atoms with Crippen LogP contribution >= 0.6 is 0 Å². The molecule has 3 N–H and O–H groups in total. The van der Waals surface area contributed by atoms with Crippen LogP contribution in [0.4, 0.5) is 16.0 Å². The molecule has 0 aliphatic carbocycles. The predicted molar refractivity (Wildman–Crippen MR) is 110 cm³/mol. The first-order valence-corrected chi connectivity index (χ1v) is 9.35. The fraction of sp³-hybridized carbons (Fsp3) is 0.190. The molecular formula is C21H20FN5O2. The molecule has 148 valence electrons. The van der Waals surface area contributed by atoms with E-state index in [4.69, 9.17) is 5.11 Å². The van der Waals surface area contributed by atoms with E-state index in [9.17, 15) is 9.18 Å². The minimum atomic E-state index is -0.404. The Labute approximate surface area is 166 Å². The maximum absolute atomic E-state index is 13.9. The smallest absolute Gasteiger partial charge is 0.256 e. The van der Waals surface area contributed by atoms with Crippen LogP contribution in [0.15, 0.2) is 54.7 Å². The van der Waals surface area contributed by atoms with Gasteiger partial charge in [-0.3, -0.25) is 9.20 Å². The average Bonchev–Trinajstić information content (AvgIpc) is 3.16. The minimum absolute atomic E-state index is 0.126. The highest BCUT2D eigenvalue weighted by atomic mass is 19.1. The highest BCUT2D eigenvalue weighted by Crippen LogP contribution is 2.26. The van der Waals surface area contributed by atoms with Crippen molar-refractivity contribution in [3.63, 3.8) is 0 Å². The third-order valence-corrected chi connectivity index (χ3v) is 4.54. The second-order valence-corrected chi connectivity index (χ2v) is 6.57. The van der Waals surface area contributed by atoms with Gasteiger partial charge in [0.1, 0.15) is 11.6 Å². The van der Waals surface area contributed by atoms with E-state index in [1.54, 1.807) is 34.7 Å². The van der Waals surface area contributed by atoms with E-state index in [0.29, 0.717) is 46.8 Å². The Kier molecular flexibility index (Phi) is 5.35. The quantitative estimate of drug-likeness (QED) is 0.418. The van der Waals surface area contributed by atoms with Crippen molar-refractivity contribution in [2.75, 3.05) is 23.8 Å². The monoisotopic (exact) mass is 393 g/mol. The molecule has 29 heavy (non-hydrogen) atoms. The van der Waals surface area contributed by atoms with Gasteiger partial charge in [0.05, 0.1) is 17.2 Å². The number of hydrogen-bond donors (Lipinski definition) is 3. The number of carbonyl (C=O) groups excluding carboxylic acids is 1. The number of imidazole rings is 1. The minimum Gasteiger partial charge on any atom is -0.396 e. The number of nitrogens with one attached hydrogen (secondary N) is 2. The normalized spacial score (nSPS) is 11.1. The van der Waals surface area contributed by atoms with Crippen molar-refractivity contribution in [1.29, 1.82) is 0 Å². The lowest BCUT2D eigenvalue weighted by Gasteiger charge is -2.12. The first-order chi connectivity index (χ1) is 14.2. The molecule has 0 aliphatic heterocycles. The second-order valence-electron chi connectivity index (χ2n) is 6.57. The molecule has 0 bridgehead atoms. The fourth-order valence-corrected chi connectivity index (χ4v) is 3.13. The van der Waals surface area contributed by atoms with E-state index in [1.807, 2.05) is 6.07 Å². The van der Waals surface area contributed by atoms with E-state index in [2.05, 4.69) is 20.6 Å². The van der Waals surface area contributed by atoms with E-state index in [-0.39, 0.29) is 12.5 Å². The van der Waals surface area contributed by atoms with Crippen molar-refractivity contribution >= 4 is 34.2 Å². The van der Waals surface area contributed by atoms with E-state index in [1.165, 1.54) is 18.3 Å². The molecule has 0 aliphatic rings. The fourth-order valence-electron chi connectivity index (χ4n) is 3.13. The van der Waals surface area contributed by atoms with Gasteiger partial charge in [-0.15, -0.1) is 0 Å². The Morgan fingerprint density at radius 1 is 1.14 bits per heavy atom. The lowest BCUT2D eigenvalue weighted by molar-refractivity contribution is 0.102. The average molecular weight is 393 g/mol. The number of rotatable bonds is 7. The number of amides is 1. The molecule has 2 aromatic heterocycles. The van der Waals surface area contributed by atoms with Gasteiger partial charge in [-0.05, 0) is 37.1 Å². The van der Waals surface area contributed by atoms with Gasteiger partial charge >= 0.3 is 0 Å². The van der Waals surface area contributed by atoms with Crippen molar-refractivity contribution in [1.82, 2.24) is 14.4 Å². The number of anilines is 2. The summed E-state index contributed by atoms with van der Waals surface area (Å²) in [6, 6.07) is 13.1. The molecule has 0 radical (unpaired) electrons. The number of halogens is 1. The summed E-state index contributed by atoms with van der Waals surface area (Å²) >= 11 is 0. The van der Waals surface area contributed by atoms with E-state index in [0.717, 1.165) is 6.42 Å². The third kappa shape index (κ3) is 3.88. The van der Waals surface area contributed by atoms with Crippen molar-refractivity contribution in [2.24, 2.45) is 0 Å². The van der Waals surface area contributed by atoms with Crippen molar-refractivity contribution in [2.45, 2.75) is 12.8 Å². The van der Waals surface area contributed by atoms with Gasteiger partial charge in [0.15, 0.2) is 11.5 Å². The Balaban J connectivity index is 1.77. The van der Waals surface area contributed by atoms with Gasteiger partial charge in [-0.25, -0.2) is 14.4 Å². The number of unbranched alkanes of at least 4 members (excludes halogenated alkanes) is 1. The molecule has 0 saturated heterocycles. The third-order valence-electron chi connectivity index (χ3n) is 4.54. The number of aromatic nitrogens is 3. The van der Waals surface area contributed by atoms with Gasteiger partial charge in [0.2, 0.25) is 0 Å². The molecule has 0 atom stereocenters. The Hall–Kier alpha value is -3.52. The molecule has 1 amide bonds. The van der Waals surface area contributed by atoms with Crippen LogP contribution in [-0.2, 0) is 0 Å². The van der Waals surface area contributed by atoms with Crippen LogP contribution in [-0.4, -0.2) is 38.5 Å². The number of fused-ring (bicyclic) bond motifs is 3. The van der Waals surface area contributed by atoms with Gasteiger partial charge in [-0.2, -0.15) is 0 Å². The molecule has 7 nitrogen and oxygen atoms in total. The summed E-state index contributed by atoms with van der Waals surface area (Å²) in [5.74, 6) is 0.261. The summed E-state index contributed by atoms with van der Waals surface area (Å²) in [4.78, 5) is 21.6. The zero-order chi connectivity index (χ0) is 20.2. The van der Waals surface area contributed by atoms with Crippen molar-refractivity contribution in [3.05, 3.63) is 66.1 Å². The van der Waals surface area contributed by atoms with E-state index >= 15 is 0 Å². The van der Waals surface area contributed by atoms with Crippen LogP contribution in [0.5, 0.6) is 0 Å². The lowest BCUT2D eigenvalue weighted by atomic mass is 10.2. The van der Waals surface area contributed by atoms with Gasteiger partial charge in [-0.1, -0.05) is 18.2 Å². The number of nitrogens with zero attached hydrogens (tertiary/aromatic N) is 3. The molecule has 4 rings (SSSR count). The number of benzene rings is 2. The number of hydrogen-bond acceptors (Lipinski definition) is 5. The number of carbonyl (C=O) groups is 1. The predicted octanol–water partition coefficient (Wildman–Crippen LogP) is 3.46. The maximum atomic E-state index is 13.9. The number of aliphatic hydroxyl groups excluding tert-OH is 1. The van der Waals surface area contributed by atoms with Gasteiger partial charge in [0, 0.05) is 24.8 Å². The summed E-state index contributed by atoms with van der Waals surface area (Å²) in [5.41, 5.74) is 2.06. The topological polar surface area (TPSA) is 91.5 Å². The van der Waals surface area contributed by atoms with Gasteiger partial charge in [0.25, 0.3) is 5.91 Å². The van der Waals surface area contributed by atoms with Crippen molar-refractivity contribution < 1.29 is 14.3 Å². The molecule has 8 heteroatoms. The van der Waals surface area contributed by atoms with Crippen LogP contribution in [0.25, 0.3) is 16.7 Å². The summed E-state index contributed by atoms with van der Waals surface area (Å²) < 4.78 is 15.6. The Bertz CT molecular complexity index is 1160. The Morgan fingerprint density at radius 2 is 1.97 bits per heavy atom. The standard InChI is InChI=1S/C21H20FN5O2/c22-15-8-9-16-17(12-15)27-18(26-21(29)14-6-2-1-3-7-14)13-24-20(27)19(25-16)23-10-4-5-11-28/h1-3,6-9,12-13,28H,4-5,10-11H2,(H,23,25)(H,26,29). The highest BCUT2D eigenvalue weighted by Gasteiger charge is 2.16. The van der Waals surface area contributed by atoms with E-state index < -0.39 is 5.82 Å².